The predicted molar refractivity (Wildman–Crippen MR) is 95.3 cm³/mol. The molecule has 1 unspecified atom stereocenters. The first-order valence-corrected chi connectivity index (χ1v) is 10.5. The van der Waals surface area contributed by atoms with Gasteiger partial charge in [-0.15, -0.1) is 0 Å². The number of nitrogens with zero attached hydrogens (tertiary/aromatic N) is 1. The van der Waals surface area contributed by atoms with Gasteiger partial charge in [0.1, 0.15) is 5.76 Å². The molecule has 0 aromatic carbocycles. The maximum atomic E-state index is 11.9. The summed E-state index contributed by atoms with van der Waals surface area (Å²) in [5.74, 6) is 0.280. The largest absolute Gasteiger partial charge is 0.504 e. The number of esters is 1. The smallest absolute Gasteiger partial charge is 0.343 e. The fraction of sp³-hybridized carbons (Fsp3) is 0.762. The van der Waals surface area contributed by atoms with Crippen molar-refractivity contribution in [1.82, 2.24) is 4.90 Å². The molecule has 0 aliphatic carbocycles. The van der Waals surface area contributed by atoms with Gasteiger partial charge >= 0.3 is 5.97 Å². The molecule has 27 heavy (non-hydrogen) atoms. The fourth-order valence-corrected chi connectivity index (χ4v) is 7.40. The van der Waals surface area contributed by atoms with E-state index in [2.05, 4.69) is 18.7 Å². The number of piperidine rings is 1. The van der Waals surface area contributed by atoms with Gasteiger partial charge in [-0.1, -0.05) is 26.7 Å². The van der Waals surface area contributed by atoms with Gasteiger partial charge in [0.15, 0.2) is 5.76 Å². The van der Waals surface area contributed by atoms with E-state index in [0.717, 1.165) is 19.4 Å². The van der Waals surface area contributed by atoms with Crippen LogP contribution in [0.4, 0.5) is 0 Å². The molecule has 8 atom stereocenters. The van der Waals surface area contributed by atoms with Crippen molar-refractivity contribution in [3.63, 3.8) is 0 Å². The van der Waals surface area contributed by atoms with Gasteiger partial charge in [0, 0.05) is 17.9 Å². The van der Waals surface area contributed by atoms with Crippen molar-refractivity contribution < 1.29 is 24.1 Å². The van der Waals surface area contributed by atoms with E-state index in [9.17, 15) is 9.90 Å². The Labute approximate surface area is 159 Å². The van der Waals surface area contributed by atoms with Gasteiger partial charge in [-0.05, 0) is 32.7 Å². The standard InChI is InChI=1S/C21H27NO5/c1-4-5-7-20-13-6-8-22(20)12-9-14(20)26-21(13)15(12)10(2)17(27-21)18-16(23)11(3)19(24)25-18/h10,12-15,23H,4-9H2,1-3H3/b18-17-/t10-,12-,13+,14-,15+,20-,21+/m0/s1. The van der Waals surface area contributed by atoms with Crippen LogP contribution in [0.3, 0.4) is 0 Å². The Morgan fingerprint density at radius 2 is 2.19 bits per heavy atom. The van der Waals surface area contributed by atoms with Crippen LogP contribution in [0.15, 0.2) is 22.9 Å². The number of allylic oxidation sites excluding steroid dienone is 1. The molecule has 146 valence electrons. The summed E-state index contributed by atoms with van der Waals surface area (Å²) < 4.78 is 18.7. The Morgan fingerprint density at radius 3 is 2.89 bits per heavy atom. The van der Waals surface area contributed by atoms with Gasteiger partial charge in [-0.25, -0.2) is 4.79 Å². The number of unbranched alkanes of at least 4 members (excludes halogenated alkanes) is 1. The average Bonchev–Trinajstić information content (AvgIpc) is 3.35. The Morgan fingerprint density at radius 1 is 1.37 bits per heavy atom. The number of aliphatic hydroxyl groups excluding tert-OH is 1. The minimum absolute atomic E-state index is 0.0529. The van der Waals surface area contributed by atoms with Gasteiger partial charge in [-0.3, -0.25) is 4.90 Å². The van der Waals surface area contributed by atoms with Gasteiger partial charge in [-0.2, -0.15) is 0 Å². The summed E-state index contributed by atoms with van der Waals surface area (Å²) in [5.41, 5.74) is 0.372. The summed E-state index contributed by atoms with van der Waals surface area (Å²) in [4.78, 5) is 14.7. The molecule has 6 aliphatic heterocycles. The number of hydrogen-bond acceptors (Lipinski definition) is 6. The zero-order chi connectivity index (χ0) is 18.7. The second-order valence-corrected chi connectivity index (χ2v) is 9.23. The zero-order valence-corrected chi connectivity index (χ0v) is 16.2. The highest BCUT2D eigenvalue weighted by Crippen LogP contribution is 2.73. The SMILES string of the molecule is CCCC[C@@]12[C@@H]3C[C@H]4[C@H]5[C@H](C)/C(=C6/OC(=O)C(C)=C6O)O[C@]5(O3)[C@@H]1CCN42. The third-order valence-electron chi connectivity index (χ3n) is 8.35. The highest BCUT2D eigenvalue weighted by atomic mass is 16.7. The van der Waals surface area contributed by atoms with Crippen LogP contribution >= 0.6 is 0 Å². The lowest BCUT2D eigenvalue weighted by atomic mass is 9.69. The molecule has 6 aliphatic rings. The molecule has 0 radical (unpaired) electrons. The van der Waals surface area contributed by atoms with E-state index in [-0.39, 0.29) is 40.6 Å². The molecule has 6 heteroatoms. The topological polar surface area (TPSA) is 68.2 Å². The van der Waals surface area contributed by atoms with Gasteiger partial charge in [0.2, 0.25) is 11.5 Å². The molecule has 1 spiro atoms. The van der Waals surface area contributed by atoms with Crippen molar-refractivity contribution in [1.29, 1.82) is 0 Å². The van der Waals surface area contributed by atoms with Crippen molar-refractivity contribution in [3.8, 4) is 0 Å². The molecular formula is C21H27NO5. The van der Waals surface area contributed by atoms with Crippen LogP contribution in [-0.2, 0) is 19.0 Å². The van der Waals surface area contributed by atoms with E-state index >= 15 is 0 Å². The first-order chi connectivity index (χ1) is 13.0. The lowest BCUT2D eigenvalue weighted by Crippen LogP contribution is -2.61. The second-order valence-electron chi connectivity index (χ2n) is 9.23. The lowest BCUT2D eigenvalue weighted by molar-refractivity contribution is -0.256. The Hall–Kier alpha value is -1.53. The summed E-state index contributed by atoms with van der Waals surface area (Å²) in [5, 5.41) is 10.4. The number of hydrogen-bond donors (Lipinski definition) is 1. The molecule has 5 bridgehead atoms. The van der Waals surface area contributed by atoms with Crippen LogP contribution in [0.2, 0.25) is 0 Å². The number of rotatable bonds is 3. The summed E-state index contributed by atoms with van der Waals surface area (Å²) in [6.45, 7) is 7.10. The number of fused-ring (bicyclic) bond motifs is 1. The maximum absolute atomic E-state index is 11.9. The van der Waals surface area contributed by atoms with Crippen LogP contribution in [0.1, 0.15) is 52.9 Å². The molecule has 6 heterocycles. The second kappa shape index (κ2) is 4.90. The number of carbonyl (C=O) groups excluding carboxylic acids is 1. The van der Waals surface area contributed by atoms with E-state index in [4.69, 9.17) is 14.2 Å². The molecule has 1 N–H and O–H groups in total. The van der Waals surface area contributed by atoms with E-state index in [1.165, 1.54) is 19.3 Å². The quantitative estimate of drug-likeness (QED) is 0.767. The van der Waals surface area contributed by atoms with E-state index < -0.39 is 11.8 Å². The molecule has 6 nitrogen and oxygen atoms in total. The lowest BCUT2D eigenvalue weighted by Gasteiger charge is -2.48. The number of cyclic esters (lactones) is 1. The van der Waals surface area contributed by atoms with Crippen LogP contribution in [-0.4, -0.2) is 46.0 Å². The van der Waals surface area contributed by atoms with Gasteiger partial charge in [0.05, 0.1) is 23.1 Å². The number of carbonyl (C=O) groups is 1. The molecule has 6 rings (SSSR count). The van der Waals surface area contributed by atoms with Crippen molar-refractivity contribution >= 4 is 5.97 Å². The summed E-state index contributed by atoms with van der Waals surface area (Å²) in [6.07, 6.45) is 5.99. The predicted octanol–water partition coefficient (Wildman–Crippen LogP) is 3.00. The van der Waals surface area contributed by atoms with Crippen molar-refractivity contribution in [2.75, 3.05) is 6.54 Å². The Balaban J connectivity index is 1.47. The van der Waals surface area contributed by atoms with E-state index in [1.807, 2.05) is 0 Å². The maximum Gasteiger partial charge on any atom is 0.343 e. The van der Waals surface area contributed by atoms with Gasteiger partial charge < -0.3 is 19.3 Å². The van der Waals surface area contributed by atoms with Crippen molar-refractivity contribution in [2.45, 2.75) is 76.3 Å². The van der Waals surface area contributed by atoms with Crippen molar-refractivity contribution in [2.24, 2.45) is 17.8 Å². The molecule has 0 aromatic rings. The zero-order valence-electron chi connectivity index (χ0n) is 16.2. The molecule has 0 aromatic heterocycles. The van der Waals surface area contributed by atoms with Crippen molar-refractivity contribution in [3.05, 3.63) is 22.9 Å². The minimum Gasteiger partial charge on any atom is -0.504 e. The highest BCUT2D eigenvalue weighted by Gasteiger charge is 2.84. The third-order valence-corrected chi connectivity index (χ3v) is 8.35. The van der Waals surface area contributed by atoms with E-state index in [1.54, 1.807) is 6.92 Å². The molecule has 5 saturated heterocycles. The number of aliphatic hydroxyl groups is 1. The van der Waals surface area contributed by atoms with Crippen LogP contribution in [0.25, 0.3) is 0 Å². The average molecular weight is 373 g/mol. The Bertz CT molecular complexity index is 817. The fourth-order valence-electron chi connectivity index (χ4n) is 7.40. The molecule has 0 saturated carbocycles. The molecular weight excluding hydrogens is 346 g/mol. The minimum atomic E-state index is -0.612. The van der Waals surface area contributed by atoms with Gasteiger partial charge in [0.25, 0.3) is 0 Å². The van der Waals surface area contributed by atoms with Crippen LogP contribution < -0.4 is 0 Å². The molecule has 0 amide bonds. The third kappa shape index (κ3) is 1.58. The summed E-state index contributed by atoms with van der Waals surface area (Å²) >= 11 is 0. The Kier molecular flexibility index (Phi) is 2.98. The van der Waals surface area contributed by atoms with Crippen LogP contribution in [0.5, 0.6) is 0 Å². The highest BCUT2D eigenvalue weighted by molar-refractivity contribution is 5.93. The first kappa shape index (κ1) is 16.4. The monoisotopic (exact) mass is 373 g/mol. The normalized spacial score (nSPS) is 54.1. The first-order valence-electron chi connectivity index (χ1n) is 10.5. The molecule has 5 fully saturated rings. The van der Waals surface area contributed by atoms with E-state index in [0.29, 0.717) is 17.7 Å². The van der Waals surface area contributed by atoms with Crippen LogP contribution in [0, 0.1) is 17.8 Å². The number of ether oxygens (including phenoxy) is 3. The summed E-state index contributed by atoms with van der Waals surface area (Å²) in [7, 11) is 0. The summed E-state index contributed by atoms with van der Waals surface area (Å²) in [6, 6.07) is 0.455.